The summed E-state index contributed by atoms with van der Waals surface area (Å²) in [5.41, 5.74) is 1.74. The fourth-order valence-corrected chi connectivity index (χ4v) is 2.20. The molecular weight excluding hydrogens is 198 g/mol. The molecule has 0 aliphatic heterocycles. The Hall–Kier alpha value is -1.57. The highest BCUT2D eigenvalue weighted by Gasteiger charge is 2.14. The zero-order valence-electron chi connectivity index (χ0n) is 9.77. The molecule has 1 aromatic carbocycles. The highest BCUT2D eigenvalue weighted by atomic mass is 16.3. The lowest BCUT2D eigenvalue weighted by Gasteiger charge is -2.15. The number of pyridine rings is 1. The average Bonchev–Trinajstić information content (AvgIpc) is 2.34. The van der Waals surface area contributed by atoms with Gasteiger partial charge >= 0.3 is 0 Å². The van der Waals surface area contributed by atoms with Crippen LogP contribution in [0.1, 0.15) is 38.2 Å². The van der Waals surface area contributed by atoms with Crippen molar-refractivity contribution in [1.29, 1.82) is 0 Å². The largest absolute Gasteiger partial charge is 0.505 e. The summed E-state index contributed by atoms with van der Waals surface area (Å²) in [6.07, 6.45) is 3.81. The van der Waals surface area contributed by atoms with Crippen molar-refractivity contribution < 1.29 is 5.11 Å². The van der Waals surface area contributed by atoms with Gasteiger partial charge in [-0.15, -0.1) is 0 Å². The molecule has 2 rings (SSSR count). The molecule has 1 aromatic heterocycles. The summed E-state index contributed by atoms with van der Waals surface area (Å²) < 4.78 is 0. The van der Waals surface area contributed by atoms with E-state index in [1.165, 1.54) is 0 Å². The van der Waals surface area contributed by atoms with Crippen molar-refractivity contribution >= 4 is 10.9 Å². The summed E-state index contributed by atoms with van der Waals surface area (Å²) in [6, 6.07) is 7.92. The summed E-state index contributed by atoms with van der Waals surface area (Å²) in [5.74, 6) is 0.776. The highest BCUT2D eigenvalue weighted by Crippen LogP contribution is 2.34. The zero-order chi connectivity index (χ0) is 11.5. The Morgan fingerprint density at radius 3 is 2.62 bits per heavy atom. The number of aromatic nitrogens is 1. The van der Waals surface area contributed by atoms with Gasteiger partial charge in [0, 0.05) is 11.6 Å². The van der Waals surface area contributed by atoms with Gasteiger partial charge in [0.2, 0.25) is 0 Å². The van der Waals surface area contributed by atoms with Gasteiger partial charge in [-0.1, -0.05) is 32.0 Å². The van der Waals surface area contributed by atoms with Gasteiger partial charge < -0.3 is 5.11 Å². The molecule has 0 aliphatic rings. The van der Waals surface area contributed by atoms with Crippen molar-refractivity contribution in [2.45, 2.75) is 32.6 Å². The van der Waals surface area contributed by atoms with Crippen LogP contribution in [0.3, 0.4) is 0 Å². The molecule has 2 nitrogen and oxygen atoms in total. The van der Waals surface area contributed by atoms with Crippen molar-refractivity contribution in [3.63, 3.8) is 0 Å². The normalized spacial score (nSPS) is 11.2. The van der Waals surface area contributed by atoms with Crippen LogP contribution in [-0.2, 0) is 0 Å². The number of benzene rings is 1. The van der Waals surface area contributed by atoms with Crippen LogP contribution in [-0.4, -0.2) is 10.1 Å². The molecule has 0 radical (unpaired) electrons. The van der Waals surface area contributed by atoms with Crippen molar-refractivity contribution in [2.24, 2.45) is 0 Å². The number of aromatic hydroxyl groups is 1. The van der Waals surface area contributed by atoms with Crippen LogP contribution in [0, 0.1) is 0 Å². The van der Waals surface area contributed by atoms with Crippen LogP contribution in [0.4, 0.5) is 0 Å². The fraction of sp³-hybridized carbons (Fsp3) is 0.357. The molecule has 0 unspecified atom stereocenters. The van der Waals surface area contributed by atoms with E-state index in [-0.39, 0.29) is 0 Å². The minimum absolute atomic E-state index is 0.354. The molecule has 1 N–H and O–H groups in total. The predicted molar refractivity (Wildman–Crippen MR) is 66.7 cm³/mol. The van der Waals surface area contributed by atoms with Gasteiger partial charge in [-0.05, 0) is 30.4 Å². The summed E-state index contributed by atoms with van der Waals surface area (Å²) in [4.78, 5) is 4.24. The number of hydrogen-bond donors (Lipinski definition) is 1. The summed E-state index contributed by atoms with van der Waals surface area (Å²) >= 11 is 0. The predicted octanol–water partition coefficient (Wildman–Crippen LogP) is 3.84. The Morgan fingerprint density at radius 1 is 1.19 bits per heavy atom. The van der Waals surface area contributed by atoms with Crippen LogP contribution in [0.15, 0.2) is 30.5 Å². The minimum Gasteiger partial charge on any atom is -0.505 e. The van der Waals surface area contributed by atoms with Crippen LogP contribution in [0.5, 0.6) is 5.75 Å². The molecule has 0 fully saturated rings. The van der Waals surface area contributed by atoms with Crippen molar-refractivity contribution in [2.75, 3.05) is 0 Å². The molecule has 0 spiro atoms. The van der Waals surface area contributed by atoms with E-state index < -0.39 is 0 Å². The Kier molecular flexibility index (Phi) is 3.09. The number of fused-ring (bicyclic) bond motifs is 1. The molecule has 0 amide bonds. The first kappa shape index (κ1) is 10.9. The Labute approximate surface area is 96.0 Å². The fourth-order valence-electron chi connectivity index (χ4n) is 2.20. The zero-order valence-corrected chi connectivity index (χ0v) is 9.77. The maximum absolute atomic E-state index is 10.2. The molecular formula is C14H17NO. The number of phenolic OH excluding ortho intramolecular Hbond substituents is 1. The molecule has 2 aromatic rings. The van der Waals surface area contributed by atoms with Crippen LogP contribution in [0.25, 0.3) is 10.9 Å². The second-order valence-electron chi connectivity index (χ2n) is 4.09. The third kappa shape index (κ3) is 1.75. The van der Waals surface area contributed by atoms with E-state index in [2.05, 4.69) is 18.8 Å². The first-order valence-electron chi connectivity index (χ1n) is 5.84. The van der Waals surface area contributed by atoms with Crippen LogP contribution >= 0.6 is 0 Å². The summed E-state index contributed by atoms with van der Waals surface area (Å²) in [6.45, 7) is 4.30. The van der Waals surface area contributed by atoms with E-state index in [1.807, 2.05) is 24.3 Å². The molecule has 16 heavy (non-hydrogen) atoms. The SMILES string of the molecule is CCC(CC)c1ccc2cccnc2c1O. The molecule has 84 valence electrons. The molecule has 0 aliphatic carbocycles. The third-order valence-corrected chi connectivity index (χ3v) is 3.20. The van der Waals surface area contributed by atoms with Crippen LogP contribution in [0.2, 0.25) is 0 Å². The second-order valence-corrected chi connectivity index (χ2v) is 4.09. The van der Waals surface area contributed by atoms with Crippen molar-refractivity contribution in [3.05, 3.63) is 36.0 Å². The topological polar surface area (TPSA) is 33.1 Å². The lowest BCUT2D eigenvalue weighted by Crippen LogP contribution is -1.96. The van der Waals surface area contributed by atoms with Gasteiger partial charge in [0.1, 0.15) is 11.3 Å². The van der Waals surface area contributed by atoms with E-state index >= 15 is 0 Å². The minimum atomic E-state index is 0.354. The van der Waals surface area contributed by atoms with Gasteiger partial charge in [-0.25, -0.2) is 0 Å². The highest BCUT2D eigenvalue weighted by molar-refractivity contribution is 5.85. The number of phenols is 1. The van der Waals surface area contributed by atoms with Crippen LogP contribution < -0.4 is 0 Å². The summed E-state index contributed by atoms with van der Waals surface area (Å²) in [5, 5.41) is 11.2. The third-order valence-electron chi connectivity index (χ3n) is 3.20. The van der Waals surface area contributed by atoms with Crippen molar-refractivity contribution in [3.8, 4) is 5.75 Å². The van der Waals surface area contributed by atoms with E-state index in [1.54, 1.807) is 6.20 Å². The lowest BCUT2D eigenvalue weighted by atomic mass is 9.92. The van der Waals surface area contributed by atoms with Gasteiger partial charge in [-0.3, -0.25) is 4.98 Å². The Bertz CT molecular complexity index is 489. The molecule has 0 bridgehead atoms. The average molecular weight is 215 g/mol. The van der Waals surface area contributed by atoms with E-state index in [4.69, 9.17) is 0 Å². The Morgan fingerprint density at radius 2 is 1.94 bits per heavy atom. The molecule has 0 saturated heterocycles. The molecule has 0 atom stereocenters. The lowest BCUT2D eigenvalue weighted by molar-refractivity contribution is 0.462. The molecule has 1 heterocycles. The van der Waals surface area contributed by atoms with E-state index in [0.29, 0.717) is 17.2 Å². The van der Waals surface area contributed by atoms with Gasteiger partial charge in [0.15, 0.2) is 0 Å². The first-order valence-corrected chi connectivity index (χ1v) is 5.84. The van der Waals surface area contributed by atoms with Gasteiger partial charge in [0.25, 0.3) is 0 Å². The molecule has 2 heteroatoms. The summed E-state index contributed by atoms with van der Waals surface area (Å²) in [7, 11) is 0. The molecule has 0 saturated carbocycles. The second kappa shape index (κ2) is 4.52. The quantitative estimate of drug-likeness (QED) is 0.843. The number of nitrogens with zero attached hydrogens (tertiary/aromatic N) is 1. The first-order chi connectivity index (χ1) is 7.77. The van der Waals surface area contributed by atoms with E-state index in [0.717, 1.165) is 23.8 Å². The monoisotopic (exact) mass is 215 g/mol. The maximum Gasteiger partial charge on any atom is 0.145 e. The standard InChI is InChI=1S/C14H17NO/c1-3-10(4-2)12-8-7-11-6-5-9-15-13(11)14(12)16/h5-10,16H,3-4H2,1-2H3. The van der Waals surface area contributed by atoms with E-state index in [9.17, 15) is 5.11 Å². The number of rotatable bonds is 3. The maximum atomic E-state index is 10.2. The number of hydrogen-bond acceptors (Lipinski definition) is 2. The smallest absolute Gasteiger partial charge is 0.145 e. The van der Waals surface area contributed by atoms with Crippen molar-refractivity contribution in [1.82, 2.24) is 4.98 Å². The van der Waals surface area contributed by atoms with Gasteiger partial charge in [-0.2, -0.15) is 0 Å². The Balaban J connectivity index is 2.60. The van der Waals surface area contributed by atoms with Gasteiger partial charge in [0.05, 0.1) is 0 Å².